The zero-order valence-electron chi connectivity index (χ0n) is 16.9. The molecule has 9 heteroatoms. The summed E-state index contributed by atoms with van der Waals surface area (Å²) in [6.45, 7) is 1.73. The van der Waals surface area contributed by atoms with Gasteiger partial charge in [-0.15, -0.1) is 0 Å². The Hall–Kier alpha value is -3.43. The van der Waals surface area contributed by atoms with Gasteiger partial charge in [0.25, 0.3) is 15.9 Å². The fourth-order valence-corrected chi connectivity index (χ4v) is 3.98. The number of carbonyl (C=O) groups excluding carboxylic acids is 2. The van der Waals surface area contributed by atoms with E-state index >= 15 is 0 Å². The van der Waals surface area contributed by atoms with E-state index in [-0.39, 0.29) is 23.6 Å². The Balaban J connectivity index is 2.00. The van der Waals surface area contributed by atoms with Crippen molar-refractivity contribution in [2.75, 3.05) is 5.06 Å². The summed E-state index contributed by atoms with van der Waals surface area (Å²) in [6.07, 6.45) is 3.48. The number of hydroxylamine groups is 1. The molecule has 0 atom stereocenters. The first-order chi connectivity index (χ1) is 14.9. The van der Waals surface area contributed by atoms with Gasteiger partial charge in [-0.3, -0.25) is 14.4 Å². The van der Waals surface area contributed by atoms with Gasteiger partial charge < -0.3 is 4.42 Å². The van der Waals surface area contributed by atoms with Crippen molar-refractivity contribution >= 4 is 27.5 Å². The number of nitrogens with zero attached hydrogens (tertiary/aromatic N) is 1. The lowest BCUT2D eigenvalue weighted by Gasteiger charge is -2.24. The fraction of sp³-hybridized carbons (Fsp3) is 0.182. The number of benzene rings is 2. The molecule has 0 aliphatic rings. The molecule has 0 spiro atoms. The number of sulfonamides is 1. The molecule has 0 aliphatic heterocycles. The fourth-order valence-electron chi connectivity index (χ4n) is 2.78. The van der Waals surface area contributed by atoms with Gasteiger partial charge in [0, 0.05) is 17.5 Å². The summed E-state index contributed by atoms with van der Waals surface area (Å²) in [7, 11) is -4.24. The summed E-state index contributed by atoms with van der Waals surface area (Å²) in [5, 5.41) is 0.918. The lowest BCUT2D eigenvalue weighted by Crippen LogP contribution is -2.35. The monoisotopic (exact) mass is 442 g/mol. The maximum atomic E-state index is 13.2. The van der Waals surface area contributed by atoms with E-state index in [2.05, 4.69) is 0 Å². The first kappa shape index (κ1) is 22.3. The van der Waals surface area contributed by atoms with E-state index in [1.54, 1.807) is 49.4 Å². The van der Waals surface area contributed by atoms with E-state index in [0.717, 1.165) is 5.06 Å². The molecule has 3 aromatic rings. The third kappa shape index (κ3) is 5.59. The highest BCUT2D eigenvalue weighted by Crippen LogP contribution is 2.27. The van der Waals surface area contributed by atoms with Crippen LogP contribution in [0.5, 0.6) is 0 Å². The molecule has 162 valence electrons. The van der Waals surface area contributed by atoms with E-state index < -0.39 is 21.8 Å². The Morgan fingerprint density at radius 1 is 1.03 bits per heavy atom. The van der Waals surface area contributed by atoms with Crippen molar-refractivity contribution in [1.82, 2.24) is 4.72 Å². The zero-order valence-corrected chi connectivity index (χ0v) is 17.7. The second-order valence-electron chi connectivity index (χ2n) is 6.62. The SMILES string of the molecule is CCCC(=O)NS(=O)(=O)c1ccccc1N(OCc1ccoc1)C(=O)c1ccccc1. The van der Waals surface area contributed by atoms with Crippen molar-refractivity contribution in [3.05, 3.63) is 84.3 Å². The quantitative estimate of drug-likeness (QED) is 0.507. The molecule has 1 N–H and O–H groups in total. The molecule has 0 unspecified atom stereocenters. The minimum Gasteiger partial charge on any atom is -0.472 e. The molecular formula is C22H22N2O6S. The summed E-state index contributed by atoms with van der Waals surface area (Å²) < 4.78 is 32.8. The first-order valence-corrected chi connectivity index (χ1v) is 11.1. The average Bonchev–Trinajstić information content (AvgIpc) is 3.28. The van der Waals surface area contributed by atoms with Crippen molar-refractivity contribution < 1.29 is 27.3 Å². The van der Waals surface area contributed by atoms with E-state index in [9.17, 15) is 18.0 Å². The maximum absolute atomic E-state index is 13.2. The number of hydrogen-bond donors (Lipinski definition) is 1. The average molecular weight is 442 g/mol. The maximum Gasteiger partial charge on any atom is 0.282 e. The van der Waals surface area contributed by atoms with Gasteiger partial charge in [-0.1, -0.05) is 37.3 Å². The summed E-state index contributed by atoms with van der Waals surface area (Å²) >= 11 is 0. The molecule has 0 saturated heterocycles. The second-order valence-corrected chi connectivity index (χ2v) is 8.27. The predicted octanol–water partition coefficient (Wildman–Crippen LogP) is 3.66. The van der Waals surface area contributed by atoms with Crippen LogP contribution in [-0.4, -0.2) is 20.2 Å². The molecule has 2 amide bonds. The van der Waals surface area contributed by atoms with E-state index in [1.807, 2.05) is 4.72 Å². The van der Waals surface area contributed by atoms with Crippen LogP contribution in [0.3, 0.4) is 0 Å². The van der Waals surface area contributed by atoms with Gasteiger partial charge in [0.05, 0.1) is 18.2 Å². The molecule has 2 aromatic carbocycles. The molecular weight excluding hydrogens is 420 g/mol. The number of furan rings is 1. The number of carbonyl (C=O) groups is 2. The highest BCUT2D eigenvalue weighted by molar-refractivity contribution is 7.90. The number of anilines is 1. The smallest absolute Gasteiger partial charge is 0.282 e. The van der Waals surface area contributed by atoms with Crippen molar-refractivity contribution in [3.8, 4) is 0 Å². The Labute approximate surface area is 180 Å². The lowest BCUT2D eigenvalue weighted by atomic mass is 10.2. The van der Waals surface area contributed by atoms with Crippen molar-refractivity contribution in [1.29, 1.82) is 0 Å². The van der Waals surface area contributed by atoms with E-state index in [0.29, 0.717) is 17.5 Å². The summed E-state index contributed by atoms with van der Waals surface area (Å²) in [5.74, 6) is -1.19. The van der Waals surface area contributed by atoms with Gasteiger partial charge in [-0.2, -0.15) is 5.06 Å². The number of para-hydroxylation sites is 1. The van der Waals surface area contributed by atoms with Crippen LogP contribution in [-0.2, 0) is 26.3 Å². The minimum absolute atomic E-state index is 0.0170. The van der Waals surface area contributed by atoms with Crippen LogP contribution in [0.15, 0.2) is 82.5 Å². The van der Waals surface area contributed by atoms with Crippen molar-refractivity contribution in [3.63, 3.8) is 0 Å². The summed E-state index contributed by atoms with van der Waals surface area (Å²) in [5.41, 5.74) is 0.941. The molecule has 0 bridgehead atoms. The zero-order chi connectivity index (χ0) is 22.3. The van der Waals surface area contributed by atoms with Gasteiger partial charge in [0.2, 0.25) is 5.91 Å². The molecule has 8 nitrogen and oxygen atoms in total. The van der Waals surface area contributed by atoms with Gasteiger partial charge in [0.1, 0.15) is 11.5 Å². The normalized spacial score (nSPS) is 11.1. The summed E-state index contributed by atoms with van der Waals surface area (Å²) in [4.78, 5) is 30.6. The van der Waals surface area contributed by atoms with Crippen LogP contribution in [0.4, 0.5) is 5.69 Å². The molecule has 0 radical (unpaired) electrons. The Morgan fingerprint density at radius 2 is 1.74 bits per heavy atom. The number of hydrogen-bond acceptors (Lipinski definition) is 6. The highest BCUT2D eigenvalue weighted by Gasteiger charge is 2.28. The number of amides is 2. The molecule has 0 aliphatic carbocycles. The molecule has 0 fully saturated rings. The number of nitrogens with one attached hydrogen (secondary N) is 1. The third-order valence-corrected chi connectivity index (χ3v) is 5.67. The van der Waals surface area contributed by atoms with Crippen LogP contribution >= 0.6 is 0 Å². The van der Waals surface area contributed by atoms with Crippen molar-refractivity contribution in [2.24, 2.45) is 0 Å². The largest absolute Gasteiger partial charge is 0.472 e. The van der Waals surface area contributed by atoms with Crippen LogP contribution in [0, 0.1) is 0 Å². The molecule has 0 saturated carbocycles. The summed E-state index contributed by atoms with van der Waals surface area (Å²) in [6, 6.07) is 15.8. The standard InChI is InChI=1S/C22H22N2O6S/c1-2-8-21(25)23-31(27,28)20-12-7-6-11-19(20)24(30-16-17-13-14-29-15-17)22(26)18-9-4-3-5-10-18/h3-7,9-15H,2,8,16H2,1H3,(H,23,25). The van der Waals surface area contributed by atoms with E-state index in [4.69, 9.17) is 9.25 Å². The third-order valence-electron chi connectivity index (χ3n) is 4.24. The highest BCUT2D eigenvalue weighted by atomic mass is 32.2. The van der Waals surface area contributed by atoms with Crippen molar-refractivity contribution in [2.45, 2.75) is 31.3 Å². The van der Waals surface area contributed by atoms with Gasteiger partial charge in [-0.05, 0) is 36.8 Å². The second kappa shape index (κ2) is 10.1. The topological polar surface area (TPSA) is 106 Å². The predicted molar refractivity (Wildman–Crippen MR) is 113 cm³/mol. The van der Waals surface area contributed by atoms with Gasteiger partial charge >= 0.3 is 0 Å². The molecule has 3 rings (SSSR count). The Morgan fingerprint density at radius 3 is 2.42 bits per heavy atom. The van der Waals surface area contributed by atoms with Crippen LogP contribution in [0.1, 0.15) is 35.7 Å². The Bertz CT molecular complexity index is 1130. The molecule has 31 heavy (non-hydrogen) atoms. The molecule has 1 heterocycles. The minimum atomic E-state index is -4.24. The van der Waals surface area contributed by atoms with Crippen LogP contribution in [0.2, 0.25) is 0 Å². The van der Waals surface area contributed by atoms with Gasteiger partial charge in [-0.25, -0.2) is 13.1 Å². The van der Waals surface area contributed by atoms with Gasteiger partial charge in [0.15, 0.2) is 0 Å². The number of rotatable bonds is 9. The van der Waals surface area contributed by atoms with Crippen LogP contribution in [0.25, 0.3) is 0 Å². The van der Waals surface area contributed by atoms with E-state index in [1.165, 1.54) is 30.7 Å². The molecule has 1 aromatic heterocycles. The first-order valence-electron chi connectivity index (χ1n) is 9.60. The van der Waals surface area contributed by atoms with Crippen LogP contribution < -0.4 is 9.79 Å². The lowest BCUT2D eigenvalue weighted by molar-refractivity contribution is -0.119. The Kier molecular flexibility index (Phi) is 7.22.